The number of likely N-dealkylation sites (tertiary alicyclic amines) is 3. The molecular formula is C92H99BrClN9O12S3. The van der Waals surface area contributed by atoms with E-state index in [2.05, 4.69) is 55.1 Å². The van der Waals surface area contributed by atoms with E-state index in [-0.39, 0.29) is 135 Å². The summed E-state index contributed by atoms with van der Waals surface area (Å²) in [6, 6.07) is 38.7. The molecule has 6 amide bonds. The molecule has 3 N–H and O–H groups in total. The van der Waals surface area contributed by atoms with E-state index in [1.165, 1.54) is 38.1 Å². The molecule has 118 heavy (non-hydrogen) atoms. The number of fused-ring (bicyclic) bond motifs is 3. The number of aryl methyl sites for hydroxylation is 5. The lowest BCUT2D eigenvalue weighted by Gasteiger charge is -2.35. The summed E-state index contributed by atoms with van der Waals surface area (Å²) in [5.41, 5.74) is 19.5. The van der Waals surface area contributed by atoms with Crippen molar-refractivity contribution in [2.75, 3.05) is 19.6 Å². The fourth-order valence-corrected chi connectivity index (χ4v) is 20.7. The molecule has 0 radical (unpaired) electrons. The number of aromatic nitrogens is 3. The number of nitrogens with zero attached hydrogens (tertiary/aromatic N) is 9. The SMILES string of the molecule is CC(C)[C@@H](C(=O)N1C[C@H](O)C[C@H]1C(=O)CCc1ccc(-c2scnc2C2CC2)cc1)N1Cc2ccccc2C1=O.Cc1ncsc1-c1ccc(CCC(=O)[C@@H]2C[C@@H](O)CN2C(=O)[C@H](C(C)C)N2Cc3ccc(Br)cc3C2=O)cc1.Cc1ncsc1-c1ccc(CCC(=O)[C@@H]2C[C@@H](O)CN2C(=O)[C@H](C(C)C)N2Cc3cccc(Cl)c3C2=O)cc1. The first-order valence-corrected chi connectivity index (χ1v) is 44.5. The first kappa shape index (κ1) is 85.1. The Labute approximate surface area is 713 Å². The Bertz CT molecular complexity index is 5260. The lowest BCUT2D eigenvalue weighted by atomic mass is 9.98. The van der Waals surface area contributed by atoms with Crippen LogP contribution in [0, 0.1) is 31.6 Å². The summed E-state index contributed by atoms with van der Waals surface area (Å²) < 4.78 is 0.811. The third-order valence-corrected chi connectivity index (χ3v) is 27.5. The molecule has 616 valence electrons. The van der Waals surface area contributed by atoms with Crippen molar-refractivity contribution in [3.05, 3.63) is 227 Å². The van der Waals surface area contributed by atoms with Crippen molar-refractivity contribution >= 4 is 114 Å². The molecule has 6 aliphatic heterocycles. The van der Waals surface area contributed by atoms with Crippen LogP contribution >= 0.6 is 61.5 Å². The maximum Gasteiger partial charge on any atom is 0.256 e. The van der Waals surface area contributed by atoms with Gasteiger partial charge < -0.3 is 44.7 Å². The van der Waals surface area contributed by atoms with Crippen molar-refractivity contribution in [1.82, 2.24) is 44.4 Å². The standard InChI is InChI=1S/C32H35N3O4S.C30H32BrN3O4S.C30H32ClN3O4S/c1-19(2)29(35-16-23-5-3-4-6-25(23)31(35)38)32(39)34-17-24(36)15-26(34)27(37)14-9-20-7-10-22(11-8-20)30-28(21-12-13-21)33-18-40-30;1-17(2)27(34-14-21-9-10-22(31)12-24(21)29(34)37)30(38)33-15-23(35)13-25(33)26(36)11-6-19-4-7-20(8-5-19)28-18(3)32-16-39-28;1-17(2)27(34-14-21-5-4-6-23(31)26(21)29(34)37)30(38)33-15-22(35)13-24(33)25(36)12-9-19-7-10-20(11-8-19)28-18(3)32-16-39-28/h3-8,10-11,18-19,21,24,26,29,36H,9,12-17H2,1-2H3;4-5,7-10,12,16-17,23,25,27,35H,6,11,13-15H2,1-3H3;4-8,10-11,16-17,22,24,27,35H,9,12-15H2,1-3H3/t24-,26+,29+;23-,25+,27+;22-,24+,27+/m111/s1. The molecule has 0 spiro atoms. The van der Waals surface area contributed by atoms with E-state index in [0.717, 1.165) is 75.7 Å². The van der Waals surface area contributed by atoms with Gasteiger partial charge in [0.1, 0.15) is 18.1 Å². The van der Waals surface area contributed by atoms with Crippen LogP contribution < -0.4 is 0 Å². The molecule has 3 aromatic heterocycles. The number of Topliss-reactive ketones (excluding diaryl/α,β-unsaturated/α-hetero) is 3. The highest BCUT2D eigenvalue weighted by atomic mass is 79.9. The highest BCUT2D eigenvalue weighted by Crippen LogP contribution is 2.46. The van der Waals surface area contributed by atoms with Gasteiger partial charge in [-0.2, -0.15) is 0 Å². The van der Waals surface area contributed by atoms with Crippen LogP contribution in [-0.4, -0.2) is 187 Å². The minimum atomic E-state index is -0.779. The maximum absolute atomic E-state index is 13.9. The van der Waals surface area contributed by atoms with E-state index in [1.54, 1.807) is 73.0 Å². The van der Waals surface area contributed by atoms with Crippen LogP contribution in [0.1, 0.15) is 180 Å². The average Bonchev–Trinajstić information content (AvgIpc) is 1.61. The summed E-state index contributed by atoms with van der Waals surface area (Å²) in [6.45, 7) is 16.7. The van der Waals surface area contributed by atoms with E-state index >= 15 is 0 Å². The molecule has 21 nitrogen and oxygen atoms in total. The van der Waals surface area contributed by atoms with Gasteiger partial charge in [0, 0.05) is 99.3 Å². The number of thiazole rings is 3. The predicted octanol–water partition coefficient (Wildman–Crippen LogP) is 14.8. The number of aliphatic hydroxyl groups excluding tert-OH is 3. The lowest BCUT2D eigenvalue weighted by Crippen LogP contribution is -2.54. The van der Waals surface area contributed by atoms with E-state index in [4.69, 9.17) is 11.6 Å². The molecule has 0 unspecified atom stereocenters. The second-order valence-electron chi connectivity index (χ2n) is 33.2. The summed E-state index contributed by atoms with van der Waals surface area (Å²) in [7, 11) is 0. The van der Waals surface area contributed by atoms with Gasteiger partial charge in [0.05, 0.1) is 95.3 Å². The smallest absolute Gasteiger partial charge is 0.256 e. The minimum Gasteiger partial charge on any atom is -0.391 e. The normalized spacial score (nSPS) is 20.2. The summed E-state index contributed by atoms with van der Waals surface area (Å²) in [4.78, 5) is 148. The molecule has 7 aliphatic rings. The summed E-state index contributed by atoms with van der Waals surface area (Å²) >= 11 is 14.6. The number of ketones is 3. The van der Waals surface area contributed by atoms with E-state index in [1.807, 2.05) is 157 Å². The zero-order chi connectivity index (χ0) is 83.7. The third-order valence-electron chi connectivity index (χ3n) is 23.8. The number of carbonyl (C=O) groups is 9. The third kappa shape index (κ3) is 18.4. The van der Waals surface area contributed by atoms with E-state index < -0.39 is 54.6 Å². The Morgan fingerprint density at radius 1 is 0.458 bits per heavy atom. The van der Waals surface area contributed by atoms with E-state index in [0.29, 0.717) is 60.0 Å². The van der Waals surface area contributed by atoms with Crippen LogP contribution in [0.5, 0.6) is 0 Å². The van der Waals surface area contributed by atoms with Gasteiger partial charge in [0.2, 0.25) is 17.7 Å². The number of carbonyl (C=O) groups excluding carboxylic acids is 9. The van der Waals surface area contributed by atoms with Gasteiger partial charge in [-0.3, -0.25) is 43.2 Å². The molecule has 4 fully saturated rings. The Balaban J connectivity index is 0.000000145. The quantitative estimate of drug-likeness (QED) is 0.0480. The van der Waals surface area contributed by atoms with Gasteiger partial charge in [-0.1, -0.05) is 178 Å². The number of amides is 6. The lowest BCUT2D eigenvalue weighted by molar-refractivity contribution is -0.143. The summed E-state index contributed by atoms with van der Waals surface area (Å²) in [5.74, 6) is -1.54. The van der Waals surface area contributed by atoms with Gasteiger partial charge in [0.15, 0.2) is 17.3 Å². The Hall–Kier alpha value is -9.31. The first-order valence-electron chi connectivity index (χ1n) is 40.7. The largest absolute Gasteiger partial charge is 0.391 e. The fraction of sp³-hybridized carbons (Fsp3) is 0.413. The maximum atomic E-state index is 13.9. The number of halogens is 2. The monoisotopic (exact) mass is 1730 g/mol. The van der Waals surface area contributed by atoms with Crippen molar-refractivity contribution < 1.29 is 58.5 Å². The van der Waals surface area contributed by atoms with E-state index in [9.17, 15) is 58.5 Å². The van der Waals surface area contributed by atoms with Crippen molar-refractivity contribution in [2.24, 2.45) is 17.8 Å². The molecule has 0 bridgehead atoms. The second kappa shape index (κ2) is 36.7. The number of aliphatic hydroxyl groups is 3. The average molecular weight is 1730 g/mol. The van der Waals surface area contributed by atoms with Crippen molar-refractivity contribution in [3.63, 3.8) is 0 Å². The zero-order valence-electron chi connectivity index (χ0n) is 67.5. The molecule has 26 heteroatoms. The molecule has 9 heterocycles. The van der Waals surface area contributed by atoms with Crippen molar-refractivity contribution in [3.8, 4) is 31.3 Å². The highest BCUT2D eigenvalue weighted by molar-refractivity contribution is 9.10. The van der Waals surface area contributed by atoms with Gasteiger partial charge in [-0.15, -0.1) is 34.0 Å². The van der Waals surface area contributed by atoms with Crippen molar-refractivity contribution in [1.29, 1.82) is 0 Å². The molecule has 9 atom stereocenters. The number of hydrogen-bond acceptors (Lipinski definition) is 18. The molecule has 6 aromatic carbocycles. The molecule has 9 aromatic rings. The van der Waals surface area contributed by atoms with Gasteiger partial charge in [0.25, 0.3) is 17.7 Å². The Kier molecular flexibility index (Phi) is 26.5. The number of rotatable bonds is 25. The van der Waals surface area contributed by atoms with Crippen LogP contribution in [0.25, 0.3) is 31.3 Å². The fourth-order valence-electron chi connectivity index (χ4n) is 17.6. The zero-order valence-corrected chi connectivity index (χ0v) is 72.3. The predicted molar refractivity (Wildman–Crippen MR) is 460 cm³/mol. The van der Waals surface area contributed by atoms with Crippen LogP contribution in [0.15, 0.2) is 154 Å². The van der Waals surface area contributed by atoms with Crippen LogP contribution in [0.2, 0.25) is 5.02 Å². The highest BCUT2D eigenvalue weighted by Gasteiger charge is 2.50. The van der Waals surface area contributed by atoms with Crippen LogP contribution in [-0.2, 0) is 67.7 Å². The Morgan fingerprint density at radius 2 is 0.831 bits per heavy atom. The molecular weight excluding hydrogens is 1630 g/mol. The Morgan fingerprint density at radius 3 is 1.23 bits per heavy atom. The second-order valence-corrected chi connectivity index (χ2v) is 37.0. The van der Waals surface area contributed by atoms with Crippen LogP contribution in [0.3, 0.4) is 0 Å². The summed E-state index contributed by atoms with van der Waals surface area (Å²) in [5, 5.41) is 31.8. The number of hydrogen-bond donors (Lipinski definition) is 3. The molecule has 3 saturated heterocycles. The molecule has 1 saturated carbocycles. The number of β-amino-alcohol motifs (C(OH)–C–C–N with tert-alkyl or cyclic N) is 3. The van der Waals surface area contributed by atoms with Crippen LogP contribution in [0.4, 0.5) is 0 Å². The first-order chi connectivity index (χ1) is 56.6. The molecule has 1 aliphatic carbocycles. The molecule has 16 rings (SSSR count). The topological polar surface area (TPSA) is 272 Å². The minimum absolute atomic E-state index is 0.0500. The van der Waals surface area contributed by atoms with Gasteiger partial charge in [-0.05, 0) is 138 Å². The summed E-state index contributed by atoms with van der Waals surface area (Å²) in [6.07, 6.45) is 3.28. The number of benzene rings is 6. The van der Waals surface area contributed by atoms with Gasteiger partial charge in [-0.25, -0.2) is 15.0 Å². The van der Waals surface area contributed by atoms with Crippen molar-refractivity contribution in [2.45, 2.75) is 206 Å². The van der Waals surface area contributed by atoms with Gasteiger partial charge >= 0.3 is 0 Å².